The largest absolute Gasteiger partial charge is 0.384 e. The van der Waals surface area contributed by atoms with Crippen molar-refractivity contribution in [2.75, 3.05) is 17.2 Å². The van der Waals surface area contributed by atoms with Gasteiger partial charge in [0.05, 0.1) is 0 Å². The standard InChI is InChI=1S/C18H22N2O/c1-3-15-6-4-5-7-17(15)19-13-12-18(21)20-16-10-8-14(2)9-11-16/h4-11,19H,3,12-13H2,1-2H3,(H,20,21). The van der Waals surface area contributed by atoms with Crippen LogP contribution < -0.4 is 10.6 Å². The summed E-state index contributed by atoms with van der Waals surface area (Å²) in [5.41, 5.74) is 4.42. The van der Waals surface area contributed by atoms with Gasteiger partial charge in [0.2, 0.25) is 5.91 Å². The van der Waals surface area contributed by atoms with E-state index >= 15 is 0 Å². The Hall–Kier alpha value is -2.29. The Balaban J connectivity index is 1.80. The van der Waals surface area contributed by atoms with E-state index in [1.54, 1.807) is 0 Å². The highest BCUT2D eigenvalue weighted by molar-refractivity contribution is 5.91. The van der Waals surface area contributed by atoms with Crippen LogP contribution in [0.4, 0.5) is 11.4 Å². The van der Waals surface area contributed by atoms with Crippen LogP contribution in [0.25, 0.3) is 0 Å². The Morgan fingerprint density at radius 3 is 2.48 bits per heavy atom. The molecule has 0 radical (unpaired) electrons. The fourth-order valence-corrected chi connectivity index (χ4v) is 2.17. The SMILES string of the molecule is CCc1ccccc1NCCC(=O)Nc1ccc(C)cc1. The van der Waals surface area contributed by atoms with Crippen LogP contribution in [0.1, 0.15) is 24.5 Å². The second kappa shape index (κ2) is 7.48. The van der Waals surface area contributed by atoms with Crippen molar-refractivity contribution >= 4 is 17.3 Å². The second-order valence-electron chi connectivity index (χ2n) is 5.10. The van der Waals surface area contributed by atoms with Crippen LogP contribution >= 0.6 is 0 Å². The molecule has 0 unspecified atom stereocenters. The van der Waals surface area contributed by atoms with Crippen LogP contribution in [0.2, 0.25) is 0 Å². The van der Waals surface area contributed by atoms with Crippen LogP contribution in [0.15, 0.2) is 48.5 Å². The first-order valence-electron chi connectivity index (χ1n) is 7.37. The van der Waals surface area contributed by atoms with E-state index in [1.165, 1.54) is 11.1 Å². The molecule has 0 aliphatic carbocycles. The molecule has 3 heteroatoms. The molecule has 0 atom stereocenters. The predicted molar refractivity (Wildman–Crippen MR) is 88.7 cm³/mol. The zero-order valence-corrected chi connectivity index (χ0v) is 12.6. The van der Waals surface area contributed by atoms with E-state index in [4.69, 9.17) is 0 Å². The van der Waals surface area contributed by atoms with Gasteiger partial charge in [0.25, 0.3) is 0 Å². The molecule has 2 rings (SSSR count). The number of aryl methyl sites for hydroxylation is 2. The summed E-state index contributed by atoms with van der Waals surface area (Å²) in [6.45, 7) is 4.79. The van der Waals surface area contributed by atoms with Crippen molar-refractivity contribution in [3.05, 3.63) is 59.7 Å². The molecule has 0 aliphatic heterocycles. The Morgan fingerprint density at radius 2 is 1.76 bits per heavy atom. The lowest BCUT2D eigenvalue weighted by molar-refractivity contribution is -0.115. The number of carbonyl (C=O) groups is 1. The summed E-state index contributed by atoms with van der Waals surface area (Å²) in [6.07, 6.45) is 1.44. The lowest BCUT2D eigenvalue weighted by atomic mass is 10.1. The van der Waals surface area contributed by atoms with E-state index in [9.17, 15) is 4.79 Å². The summed E-state index contributed by atoms with van der Waals surface area (Å²) in [6, 6.07) is 16.0. The molecule has 0 heterocycles. The molecule has 2 aromatic carbocycles. The van der Waals surface area contributed by atoms with E-state index in [2.05, 4.69) is 29.7 Å². The van der Waals surface area contributed by atoms with Crippen LogP contribution in [-0.2, 0) is 11.2 Å². The highest BCUT2D eigenvalue weighted by Gasteiger charge is 2.03. The molecule has 0 saturated heterocycles. The fraction of sp³-hybridized carbons (Fsp3) is 0.278. The summed E-state index contributed by atoms with van der Waals surface area (Å²) < 4.78 is 0. The highest BCUT2D eigenvalue weighted by Crippen LogP contribution is 2.15. The quantitative estimate of drug-likeness (QED) is 0.841. The molecule has 0 fully saturated rings. The molecule has 110 valence electrons. The number of nitrogens with one attached hydrogen (secondary N) is 2. The first-order valence-corrected chi connectivity index (χ1v) is 7.37. The molecule has 2 aromatic rings. The van der Waals surface area contributed by atoms with Crippen LogP contribution in [0.3, 0.4) is 0 Å². The maximum Gasteiger partial charge on any atom is 0.226 e. The summed E-state index contributed by atoms with van der Waals surface area (Å²) in [4.78, 5) is 11.9. The highest BCUT2D eigenvalue weighted by atomic mass is 16.1. The number of carbonyl (C=O) groups excluding carboxylic acids is 1. The van der Waals surface area contributed by atoms with Crippen LogP contribution in [-0.4, -0.2) is 12.5 Å². The average Bonchev–Trinajstić information content (AvgIpc) is 2.50. The first kappa shape index (κ1) is 15.1. The molecule has 1 amide bonds. The normalized spacial score (nSPS) is 10.2. The number of para-hydroxylation sites is 1. The van der Waals surface area contributed by atoms with Gasteiger partial charge in [0.1, 0.15) is 0 Å². The van der Waals surface area contributed by atoms with Gasteiger partial charge in [-0.1, -0.05) is 42.8 Å². The molecule has 3 nitrogen and oxygen atoms in total. The van der Waals surface area contributed by atoms with Crippen molar-refractivity contribution in [3.8, 4) is 0 Å². The molecular weight excluding hydrogens is 260 g/mol. The van der Waals surface area contributed by atoms with Gasteiger partial charge < -0.3 is 10.6 Å². The number of amides is 1. The van der Waals surface area contributed by atoms with Gasteiger partial charge in [-0.15, -0.1) is 0 Å². The molecule has 21 heavy (non-hydrogen) atoms. The second-order valence-corrected chi connectivity index (χ2v) is 5.10. The number of hydrogen-bond donors (Lipinski definition) is 2. The van der Waals surface area contributed by atoms with E-state index in [1.807, 2.05) is 43.3 Å². The van der Waals surface area contributed by atoms with Gasteiger partial charge in [-0.25, -0.2) is 0 Å². The van der Waals surface area contributed by atoms with Gasteiger partial charge in [0, 0.05) is 24.3 Å². The average molecular weight is 282 g/mol. The third-order valence-electron chi connectivity index (χ3n) is 3.40. The number of benzene rings is 2. The lowest BCUT2D eigenvalue weighted by Crippen LogP contribution is -2.16. The fourth-order valence-electron chi connectivity index (χ4n) is 2.17. The van der Waals surface area contributed by atoms with E-state index in [-0.39, 0.29) is 5.91 Å². The van der Waals surface area contributed by atoms with Crippen molar-refractivity contribution in [2.45, 2.75) is 26.7 Å². The van der Waals surface area contributed by atoms with E-state index in [0.717, 1.165) is 17.8 Å². The molecular formula is C18H22N2O. The third-order valence-corrected chi connectivity index (χ3v) is 3.40. The summed E-state index contributed by atoms with van der Waals surface area (Å²) in [5.74, 6) is 0.0281. The first-order chi connectivity index (χ1) is 10.2. The Bertz CT molecular complexity index is 590. The van der Waals surface area contributed by atoms with Crippen molar-refractivity contribution in [3.63, 3.8) is 0 Å². The van der Waals surface area contributed by atoms with Crippen LogP contribution in [0.5, 0.6) is 0 Å². The Morgan fingerprint density at radius 1 is 1.05 bits per heavy atom. The smallest absolute Gasteiger partial charge is 0.226 e. The summed E-state index contributed by atoms with van der Waals surface area (Å²) >= 11 is 0. The van der Waals surface area contributed by atoms with Crippen molar-refractivity contribution in [1.29, 1.82) is 0 Å². The maximum absolute atomic E-state index is 11.9. The number of anilines is 2. The number of rotatable bonds is 6. The van der Waals surface area contributed by atoms with Crippen molar-refractivity contribution in [2.24, 2.45) is 0 Å². The van der Waals surface area contributed by atoms with Gasteiger partial charge in [0.15, 0.2) is 0 Å². The Labute approximate surface area is 126 Å². The molecule has 0 aliphatic rings. The van der Waals surface area contributed by atoms with Crippen molar-refractivity contribution in [1.82, 2.24) is 0 Å². The molecule has 0 spiro atoms. The zero-order chi connectivity index (χ0) is 15.1. The third kappa shape index (κ3) is 4.63. The minimum Gasteiger partial charge on any atom is -0.384 e. The molecule has 2 N–H and O–H groups in total. The number of hydrogen-bond acceptors (Lipinski definition) is 2. The van der Waals surface area contributed by atoms with Gasteiger partial charge in [-0.2, -0.15) is 0 Å². The maximum atomic E-state index is 11.9. The molecule has 0 bridgehead atoms. The zero-order valence-electron chi connectivity index (χ0n) is 12.6. The summed E-state index contributed by atoms with van der Waals surface area (Å²) in [7, 11) is 0. The Kier molecular flexibility index (Phi) is 5.38. The minimum absolute atomic E-state index is 0.0281. The topological polar surface area (TPSA) is 41.1 Å². The van der Waals surface area contributed by atoms with Crippen molar-refractivity contribution < 1.29 is 4.79 Å². The molecule has 0 aromatic heterocycles. The van der Waals surface area contributed by atoms with Gasteiger partial charge >= 0.3 is 0 Å². The van der Waals surface area contributed by atoms with Gasteiger partial charge in [-0.05, 0) is 37.1 Å². The predicted octanol–water partition coefficient (Wildman–Crippen LogP) is 4.00. The van der Waals surface area contributed by atoms with E-state index in [0.29, 0.717) is 13.0 Å². The monoisotopic (exact) mass is 282 g/mol. The van der Waals surface area contributed by atoms with E-state index < -0.39 is 0 Å². The van der Waals surface area contributed by atoms with Gasteiger partial charge in [-0.3, -0.25) is 4.79 Å². The summed E-state index contributed by atoms with van der Waals surface area (Å²) in [5, 5.41) is 6.23. The van der Waals surface area contributed by atoms with Crippen LogP contribution in [0, 0.1) is 6.92 Å². The lowest BCUT2D eigenvalue weighted by Gasteiger charge is -2.11. The molecule has 0 saturated carbocycles. The minimum atomic E-state index is 0.0281.